The number of nitro groups is 1. The Morgan fingerprint density at radius 3 is 1.91 bits per heavy atom. The van der Waals surface area contributed by atoms with Gasteiger partial charge in [0.25, 0.3) is 5.69 Å². The average Bonchev–Trinajstić information content (AvgIpc) is 2.78. The lowest BCUT2D eigenvalue weighted by Gasteiger charge is -2.42. The van der Waals surface area contributed by atoms with Crippen LogP contribution in [-0.4, -0.2) is 115 Å². The molecule has 32 heavy (non-hydrogen) atoms. The number of aliphatic hydroxyl groups excluding tert-OH is 7. The molecule has 2 saturated heterocycles. The first-order valence-electron chi connectivity index (χ1n) is 9.67. The minimum Gasteiger partial charge on any atom is -0.462 e. The maximum atomic E-state index is 10.7. The van der Waals surface area contributed by atoms with Crippen LogP contribution in [0.25, 0.3) is 0 Å². The number of nitro benzene ring substituents is 1. The Hall–Kier alpha value is -1.98. The van der Waals surface area contributed by atoms with Gasteiger partial charge < -0.3 is 54.7 Å². The molecule has 0 aromatic heterocycles. The molecule has 0 spiro atoms. The van der Waals surface area contributed by atoms with E-state index < -0.39 is 79.5 Å². The molecular formula is C18H25NO13. The Labute approximate surface area is 180 Å². The van der Waals surface area contributed by atoms with Crippen LogP contribution in [-0.2, 0) is 14.2 Å². The van der Waals surface area contributed by atoms with Gasteiger partial charge in [-0.2, -0.15) is 0 Å². The Morgan fingerprint density at radius 1 is 0.812 bits per heavy atom. The number of non-ortho nitro benzene ring substituents is 1. The summed E-state index contributed by atoms with van der Waals surface area (Å²) in [4.78, 5) is 10.1. The molecule has 2 fully saturated rings. The van der Waals surface area contributed by atoms with Gasteiger partial charge in [-0.3, -0.25) is 10.1 Å². The Morgan fingerprint density at radius 2 is 1.34 bits per heavy atom. The van der Waals surface area contributed by atoms with Crippen molar-refractivity contribution in [3.05, 3.63) is 34.4 Å². The zero-order chi connectivity index (χ0) is 23.6. The molecule has 0 amide bonds. The Kier molecular flexibility index (Phi) is 7.94. The third-order valence-corrected chi connectivity index (χ3v) is 5.24. The minimum atomic E-state index is -1.71. The van der Waals surface area contributed by atoms with Crippen molar-refractivity contribution in [3.63, 3.8) is 0 Å². The van der Waals surface area contributed by atoms with E-state index in [1.807, 2.05) is 0 Å². The lowest BCUT2D eigenvalue weighted by Crippen LogP contribution is -2.62. The van der Waals surface area contributed by atoms with Gasteiger partial charge >= 0.3 is 0 Å². The summed E-state index contributed by atoms with van der Waals surface area (Å²) in [5.41, 5.74) is -0.191. The van der Waals surface area contributed by atoms with Crippen molar-refractivity contribution in [1.29, 1.82) is 0 Å². The van der Waals surface area contributed by atoms with E-state index in [2.05, 4.69) is 0 Å². The number of hydrogen-bond donors (Lipinski definition) is 7. The molecule has 0 aliphatic carbocycles. The average molecular weight is 463 g/mol. The molecule has 14 nitrogen and oxygen atoms in total. The molecule has 2 aliphatic heterocycles. The van der Waals surface area contributed by atoms with Gasteiger partial charge in [-0.25, -0.2) is 0 Å². The molecule has 7 N–H and O–H groups in total. The van der Waals surface area contributed by atoms with Gasteiger partial charge in [-0.05, 0) is 12.1 Å². The van der Waals surface area contributed by atoms with Gasteiger partial charge in [0, 0.05) is 12.1 Å². The highest BCUT2D eigenvalue weighted by atomic mass is 16.7. The molecule has 10 atom stereocenters. The first-order valence-corrected chi connectivity index (χ1v) is 9.67. The van der Waals surface area contributed by atoms with Crippen molar-refractivity contribution in [2.45, 2.75) is 61.4 Å². The second-order valence-electron chi connectivity index (χ2n) is 7.41. The second kappa shape index (κ2) is 10.3. The van der Waals surface area contributed by atoms with Crippen LogP contribution in [0.1, 0.15) is 0 Å². The van der Waals surface area contributed by atoms with Gasteiger partial charge in [0.05, 0.1) is 18.1 Å². The topological polar surface area (TPSA) is 222 Å². The summed E-state index contributed by atoms with van der Waals surface area (Å²) in [6.07, 6.45) is -15.4. The number of benzene rings is 1. The van der Waals surface area contributed by atoms with E-state index in [4.69, 9.17) is 18.9 Å². The highest BCUT2D eigenvalue weighted by molar-refractivity contribution is 5.36. The fraction of sp³-hybridized carbons (Fsp3) is 0.667. The van der Waals surface area contributed by atoms with Crippen molar-refractivity contribution < 1.29 is 59.6 Å². The number of ether oxygens (including phenoxy) is 4. The summed E-state index contributed by atoms with van der Waals surface area (Å²) in [5, 5.41) is 80.1. The number of hydrogen-bond acceptors (Lipinski definition) is 13. The van der Waals surface area contributed by atoms with Crippen molar-refractivity contribution >= 4 is 5.69 Å². The van der Waals surface area contributed by atoms with E-state index in [-0.39, 0.29) is 11.4 Å². The molecule has 0 unspecified atom stereocenters. The largest absolute Gasteiger partial charge is 0.462 e. The highest BCUT2D eigenvalue weighted by Gasteiger charge is 2.47. The van der Waals surface area contributed by atoms with Crippen LogP contribution in [0.15, 0.2) is 24.3 Å². The fourth-order valence-corrected chi connectivity index (χ4v) is 3.33. The zero-order valence-electron chi connectivity index (χ0n) is 16.5. The van der Waals surface area contributed by atoms with E-state index >= 15 is 0 Å². The van der Waals surface area contributed by atoms with Crippen LogP contribution in [0.4, 0.5) is 5.69 Å². The van der Waals surface area contributed by atoms with Crippen molar-refractivity contribution in [2.24, 2.45) is 0 Å². The lowest BCUT2D eigenvalue weighted by molar-refractivity contribution is -0.384. The van der Waals surface area contributed by atoms with Gasteiger partial charge in [0.15, 0.2) is 6.29 Å². The van der Waals surface area contributed by atoms with Crippen LogP contribution in [0.5, 0.6) is 5.75 Å². The third kappa shape index (κ3) is 5.15. The van der Waals surface area contributed by atoms with E-state index in [9.17, 15) is 45.9 Å². The summed E-state index contributed by atoms with van der Waals surface area (Å²) in [6.45, 7) is -1.17. The summed E-state index contributed by atoms with van der Waals surface area (Å²) in [7, 11) is 0. The molecule has 2 aliphatic rings. The molecule has 0 radical (unpaired) electrons. The molecule has 0 bridgehead atoms. The van der Waals surface area contributed by atoms with Crippen LogP contribution < -0.4 is 4.74 Å². The maximum Gasteiger partial charge on any atom is 0.269 e. The minimum absolute atomic E-state index is 0.0804. The van der Waals surface area contributed by atoms with Gasteiger partial charge in [-0.1, -0.05) is 0 Å². The Balaban J connectivity index is 1.64. The van der Waals surface area contributed by atoms with Gasteiger partial charge in [-0.15, -0.1) is 0 Å². The molecule has 180 valence electrons. The second-order valence-corrected chi connectivity index (χ2v) is 7.41. The summed E-state index contributed by atoms with van der Waals surface area (Å²) in [6, 6.07) is 4.83. The van der Waals surface area contributed by atoms with Gasteiger partial charge in [0.2, 0.25) is 6.29 Å². The smallest absolute Gasteiger partial charge is 0.269 e. The van der Waals surface area contributed by atoms with Crippen LogP contribution in [0.2, 0.25) is 0 Å². The molecule has 1 aromatic carbocycles. The first-order chi connectivity index (χ1) is 15.1. The van der Waals surface area contributed by atoms with E-state index in [1.54, 1.807) is 0 Å². The van der Waals surface area contributed by atoms with Crippen LogP contribution >= 0.6 is 0 Å². The normalized spacial score (nSPS) is 40.1. The maximum absolute atomic E-state index is 10.7. The standard InChI is InChI=1S/C18H25NO13/c20-5-9-11(21)13(23)15(25)17(31-9)29-6-10-12(22)14(24)16(26)18(32-10)30-8-3-1-7(2-4-8)19(27)28/h1-4,9-18,20-26H,5-6H2/t9-,10-,11-,12-,13+,14+,15+,16+,17+,18-/m1/s1. The monoisotopic (exact) mass is 463 g/mol. The quantitative estimate of drug-likeness (QED) is 0.155. The number of nitrogens with zero attached hydrogens (tertiary/aromatic N) is 1. The van der Waals surface area contributed by atoms with Crippen LogP contribution in [0, 0.1) is 10.1 Å². The lowest BCUT2D eigenvalue weighted by atomic mass is 9.98. The first kappa shape index (κ1) is 24.7. The third-order valence-electron chi connectivity index (χ3n) is 5.24. The summed E-state index contributed by atoms with van der Waals surface area (Å²) < 4.78 is 21.4. The molecular weight excluding hydrogens is 438 g/mol. The molecule has 3 rings (SSSR count). The molecule has 1 aromatic rings. The van der Waals surface area contributed by atoms with E-state index in [1.165, 1.54) is 12.1 Å². The highest BCUT2D eigenvalue weighted by Crippen LogP contribution is 2.27. The zero-order valence-corrected chi connectivity index (χ0v) is 16.5. The van der Waals surface area contributed by atoms with Crippen LogP contribution in [0.3, 0.4) is 0 Å². The van der Waals surface area contributed by atoms with Crippen molar-refractivity contribution in [1.82, 2.24) is 0 Å². The predicted molar refractivity (Wildman–Crippen MR) is 100 cm³/mol. The Bertz CT molecular complexity index is 762. The molecule has 14 heteroatoms. The summed E-state index contributed by atoms with van der Waals surface area (Å²) in [5.74, 6) is 0.0804. The van der Waals surface area contributed by atoms with E-state index in [0.717, 1.165) is 12.1 Å². The van der Waals surface area contributed by atoms with Crippen molar-refractivity contribution in [3.8, 4) is 5.75 Å². The number of aliphatic hydroxyl groups is 7. The predicted octanol–water partition coefficient (Wildman–Crippen LogP) is -3.40. The molecule has 0 saturated carbocycles. The summed E-state index contributed by atoms with van der Waals surface area (Å²) >= 11 is 0. The van der Waals surface area contributed by atoms with E-state index in [0.29, 0.717) is 0 Å². The fourth-order valence-electron chi connectivity index (χ4n) is 3.33. The van der Waals surface area contributed by atoms with Gasteiger partial charge in [0.1, 0.15) is 54.6 Å². The van der Waals surface area contributed by atoms with Crippen molar-refractivity contribution in [2.75, 3.05) is 13.2 Å². The SMILES string of the molecule is O=[N+]([O-])c1ccc(O[C@@H]2O[C@H](CO[C@H]3O[C@H](CO)[C@@H](O)[C@H](O)[C@@H]3O)[C@@H](O)[C@H](O)[C@@H]2O)cc1. The number of rotatable bonds is 7. The molecule has 2 heterocycles.